The predicted octanol–water partition coefficient (Wildman–Crippen LogP) is 6.75. The molecule has 4 aromatic carbocycles. The number of hydrogen-bond acceptors (Lipinski definition) is 7. The number of carbonyl (C=O) groups is 2. The van der Waals surface area contributed by atoms with Gasteiger partial charge in [-0.1, -0.05) is 60.2 Å². The molecule has 6 rings (SSSR count). The average molecular weight is 663 g/mol. The first-order valence-corrected chi connectivity index (χ1v) is 16.4. The van der Waals surface area contributed by atoms with Crippen LogP contribution in [0.2, 0.25) is 0 Å². The molecular weight excluding hydrogens is 623 g/mol. The molecule has 1 aromatic heterocycles. The van der Waals surface area contributed by atoms with Gasteiger partial charge < -0.3 is 30.2 Å². The molecule has 252 valence electrons. The molecule has 1 aliphatic heterocycles. The fourth-order valence-corrected chi connectivity index (χ4v) is 5.90. The van der Waals surface area contributed by atoms with Crippen LogP contribution in [0, 0.1) is 18.7 Å². The lowest BCUT2D eigenvalue weighted by molar-refractivity contribution is -0.136. The summed E-state index contributed by atoms with van der Waals surface area (Å²) in [5.74, 6) is -0.751. The fraction of sp³-hybridized carbons (Fsp3) is 0.256. The number of aryl methyl sites for hydroxylation is 1. The number of nitrogens with zero attached hydrogens (tertiary/aromatic N) is 1. The van der Waals surface area contributed by atoms with Crippen molar-refractivity contribution in [2.75, 3.05) is 38.7 Å². The van der Waals surface area contributed by atoms with Crippen LogP contribution < -0.4 is 30.2 Å². The minimum atomic E-state index is -0.908. The Morgan fingerprint density at radius 2 is 1.63 bits per heavy atom. The van der Waals surface area contributed by atoms with Gasteiger partial charge in [0.2, 0.25) is 0 Å². The molecule has 5 aromatic rings. The summed E-state index contributed by atoms with van der Waals surface area (Å²) in [6.45, 7) is 4.76. The highest BCUT2D eigenvalue weighted by atomic mass is 19.1. The Morgan fingerprint density at radius 3 is 2.37 bits per heavy atom. The van der Waals surface area contributed by atoms with Crippen molar-refractivity contribution in [2.45, 2.75) is 25.7 Å². The first-order valence-electron chi connectivity index (χ1n) is 16.4. The predicted molar refractivity (Wildman–Crippen MR) is 187 cm³/mol. The summed E-state index contributed by atoms with van der Waals surface area (Å²) in [4.78, 5) is 30.1. The lowest BCUT2D eigenvalue weighted by Gasteiger charge is -2.23. The summed E-state index contributed by atoms with van der Waals surface area (Å²) in [6.07, 6.45) is 3.68. The van der Waals surface area contributed by atoms with Crippen LogP contribution in [0.15, 0.2) is 97.2 Å². The number of nitrogens with one attached hydrogen (secondary N) is 3. The Kier molecular flexibility index (Phi) is 10.6. The molecule has 1 atom stereocenters. The molecule has 2 heterocycles. The second kappa shape index (κ2) is 15.6. The molecule has 9 nitrogen and oxygen atoms in total. The van der Waals surface area contributed by atoms with Crippen LogP contribution in [0.4, 0.5) is 10.1 Å². The summed E-state index contributed by atoms with van der Waals surface area (Å²) in [5.41, 5.74) is 3.86. The van der Waals surface area contributed by atoms with E-state index in [1.54, 1.807) is 31.5 Å². The van der Waals surface area contributed by atoms with Crippen LogP contribution >= 0.6 is 0 Å². The molecule has 0 bridgehead atoms. The van der Waals surface area contributed by atoms with Crippen LogP contribution in [-0.4, -0.2) is 50.1 Å². The van der Waals surface area contributed by atoms with Gasteiger partial charge in [-0.15, -0.1) is 0 Å². The van der Waals surface area contributed by atoms with Gasteiger partial charge in [0.1, 0.15) is 5.75 Å². The summed E-state index contributed by atoms with van der Waals surface area (Å²) >= 11 is 0. The normalized spacial score (nSPS) is 13.8. The number of rotatable bonds is 11. The number of anilines is 1. The van der Waals surface area contributed by atoms with Gasteiger partial charge in [0.25, 0.3) is 0 Å². The monoisotopic (exact) mass is 662 g/mol. The highest BCUT2D eigenvalue weighted by molar-refractivity contribution is 6.39. The second-order valence-electron chi connectivity index (χ2n) is 12.1. The van der Waals surface area contributed by atoms with E-state index in [9.17, 15) is 9.59 Å². The highest BCUT2D eigenvalue weighted by Crippen LogP contribution is 2.38. The molecule has 2 amide bonds. The van der Waals surface area contributed by atoms with Crippen molar-refractivity contribution < 1.29 is 28.2 Å². The molecule has 1 unspecified atom stereocenters. The number of methoxy groups -OCH3 is 1. The van der Waals surface area contributed by atoms with Crippen molar-refractivity contribution in [3.8, 4) is 23.0 Å². The van der Waals surface area contributed by atoms with Crippen molar-refractivity contribution in [3.05, 3.63) is 120 Å². The van der Waals surface area contributed by atoms with E-state index < -0.39 is 17.6 Å². The molecule has 3 N–H and O–H groups in total. The number of hydrogen-bond donors (Lipinski definition) is 3. The minimum Gasteiger partial charge on any atom is -0.493 e. The van der Waals surface area contributed by atoms with Gasteiger partial charge in [-0.3, -0.25) is 14.6 Å². The van der Waals surface area contributed by atoms with Gasteiger partial charge in [-0.2, -0.15) is 0 Å². The number of amides is 2. The maximum absolute atomic E-state index is 15.3. The Labute approximate surface area is 284 Å². The molecule has 0 aliphatic carbocycles. The fourth-order valence-electron chi connectivity index (χ4n) is 5.90. The molecule has 1 saturated heterocycles. The maximum Gasteiger partial charge on any atom is 0.313 e. The van der Waals surface area contributed by atoms with Gasteiger partial charge in [-0.25, -0.2) is 4.39 Å². The third-order valence-corrected chi connectivity index (χ3v) is 8.68. The lowest BCUT2D eigenvalue weighted by atomic mass is 9.90. The Morgan fingerprint density at radius 1 is 0.878 bits per heavy atom. The molecule has 1 aliphatic rings. The standard InChI is InChI=1S/C39H39FN4O5/c1-25-8-10-28(11-9-25)31(27-6-4-3-5-7-27)23-43-38(45)39(46)44-29-12-13-35(32(40)20-29)49-34-16-19-42-33-22-37(36(47-2)21-30(33)34)48-24-26-14-17-41-18-15-26/h3-13,16,19-22,26,31,41H,14-15,17-18,23-24H2,1-2H3,(H,43,45)(H,44,46). The zero-order valence-electron chi connectivity index (χ0n) is 27.5. The average Bonchev–Trinajstić information content (AvgIpc) is 3.13. The van der Waals surface area contributed by atoms with Crippen molar-refractivity contribution in [1.82, 2.24) is 15.6 Å². The van der Waals surface area contributed by atoms with Crippen LogP contribution in [0.3, 0.4) is 0 Å². The summed E-state index contributed by atoms with van der Waals surface area (Å²) in [6, 6.07) is 27.0. The lowest BCUT2D eigenvalue weighted by Crippen LogP contribution is -2.37. The van der Waals surface area contributed by atoms with E-state index in [-0.39, 0.29) is 23.9 Å². The maximum atomic E-state index is 15.3. The number of benzene rings is 4. The zero-order chi connectivity index (χ0) is 34.2. The largest absolute Gasteiger partial charge is 0.493 e. The van der Waals surface area contributed by atoms with E-state index in [0.29, 0.717) is 40.7 Å². The molecule has 1 fully saturated rings. The number of halogens is 1. The van der Waals surface area contributed by atoms with Crippen LogP contribution in [-0.2, 0) is 9.59 Å². The first-order chi connectivity index (χ1) is 23.9. The zero-order valence-corrected chi connectivity index (χ0v) is 27.5. The van der Waals surface area contributed by atoms with Gasteiger partial charge in [-0.05, 0) is 74.2 Å². The summed E-state index contributed by atoms with van der Waals surface area (Å²) in [5, 5.41) is 9.18. The third-order valence-electron chi connectivity index (χ3n) is 8.68. The summed E-state index contributed by atoms with van der Waals surface area (Å²) < 4.78 is 33.0. The van der Waals surface area contributed by atoms with Crippen LogP contribution in [0.25, 0.3) is 10.9 Å². The number of piperidine rings is 1. The number of fused-ring (bicyclic) bond motifs is 1. The van der Waals surface area contributed by atoms with Gasteiger partial charge in [0, 0.05) is 41.9 Å². The van der Waals surface area contributed by atoms with E-state index in [1.165, 1.54) is 12.1 Å². The topological polar surface area (TPSA) is 111 Å². The number of carbonyl (C=O) groups excluding carboxylic acids is 2. The van der Waals surface area contributed by atoms with Crippen molar-refractivity contribution >= 4 is 28.4 Å². The van der Waals surface area contributed by atoms with E-state index in [0.717, 1.165) is 48.7 Å². The first kappa shape index (κ1) is 33.4. The molecule has 49 heavy (non-hydrogen) atoms. The highest BCUT2D eigenvalue weighted by Gasteiger charge is 2.21. The SMILES string of the molecule is COc1cc2c(Oc3ccc(NC(=O)C(=O)NCC(c4ccccc4)c4ccc(C)cc4)cc3F)ccnc2cc1OCC1CCNCC1. The van der Waals surface area contributed by atoms with Crippen LogP contribution in [0.5, 0.6) is 23.0 Å². The molecule has 0 spiro atoms. The Balaban J connectivity index is 1.10. The van der Waals surface area contributed by atoms with Crippen molar-refractivity contribution in [3.63, 3.8) is 0 Å². The second-order valence-corrected chi connectivity index (χ2v) is 12.1. The number of pyridine rings is 1. The molecule has 0 saturated carbocycles. The van der Waals surface area contributed by atoms with Crippen molar-refractivity contribution in [2.24, 2.45) is 5.92 Å². The summed E-state index contributed by atoms with van der Waals surface area (Å²) in [7, 11) is 1.56. The van der Waals surface area contributed by atoms with E-state index >= 15 is 4.39 Å². The van der Waals surface area contributed by atoms with Gasteiger partial charge in [0.15, 0.2) is 23.1 Å². The van der Waals surface area contributed by atoms with E-state index in [4.69, 9.17) is 14.2 Å². The Bertz CT molecular complexity index is 1910. The number of ether oxygens (including phenoxy) is 3. The quantitative estimate of drug-likeness (QED) is 0.134. The smallest absolute Gasteiger partial charge is 0.313 e. The van der Waals surface area contributed by atoms with Crippen LogP contribution in [0.1, 0.15) is 35.4 Å². The van der Waals surface area contributed by atoms with Gasteiger partial charge >= 0.3 is 11.8 Å². The third kappa shape index (κ3) is 8.33. The molecule has 0 radical (unpaired) electrons. The van der Waals surface area contributed by atoms with Gasteiger partial charge in [0.05, 0.1) is 19.2 Å². The molecular formula is C39H39FN4O5. The number of aromatic nitrogens is 1. The molecule has 10 heteroatoms. The van der Waals surface area contributed by atoms with Crippen molar-refractivity contribution in [1.29, 1.82) is 0 Å². The van der Waals surface area contributed by atoms with E-state index in [1.807, 2.05) is 61.5 Å². The minimum absolute atomic E-state index is 0.0658. The van der Waals surface area contributed by atoms with E-state index in [2.05, 4.69) is 20.9 Å². The Hall–Kier alpha value is -5.48.